The Morgan fingerprint density at radius 1 is 1.14 bits per heavy atom. The quantitative estimate of drug-likeness (QED) is 0.499. The fourth-order valence-electron chi connectivity index (χ4n) is 4.23. The number of fused-ring (bicyclic) bond motifs is 1. The number of pyridine rings is 1. The van der Waals surface area contributed by atoms with E-state index in [4.69, 9.17) is 4.74 Å². The average Bonchev–Trinajstić information content (AvgIpc) is 3.43. The Hall–Kier alpha value is -4.00. The van der Waals surface area contributed by atoms with Crippen LogP contribution in [-0.4, -0.2) is 104 Å². The summed E-state index contributed by atoms with van der Waals surface area (Å²) in [6, 6.07) is 3.67. The summed E-state index contributed by atoms with van der Waals surface area (Å²) in [6.07, 6.45) is 4.15. The molecule has 0 saturated carbocycles. The molecule has 0 aromatic carbocycles. The lowest BCUT2D eigenvalue weighted by Gasteiger charge is -2.32. The van der Waals surface area contributed by atoms with E-state index in [0.29, 0.717) is 37.5 Å². The fraction of sp³-hybridized carbons (Fsp3) is 0.500. The van der Waals surface area contributed by atoms with Crippen LogP contribution in [0.25, 0.3) is 5.65 Å². The molecule has 5 heterocycles. The number of carbonyl (C=O) groups is 3. The van der Waals surface area contributed by atoms with Crippen LogP contribution < -0.4 is 9.80 Å². The molecule has 2 aliphatic rings. The highest BCUT2D eigenvalue weighted by Crippen LogP contribution is 2.29. The molecular formula is C24H31N9O4. The molecule has 37 heavy (non-hydrogen) atoms. The fourth-order valence-corrected chi connectivity index (χ4v) is 4.23. The molecule has 0 bridgehead atoms. The number of ether oxygens (including phenoxy) is 1. The van der Waals surface area contributed by atoms with Gasteiger partial charge in [-0.25, -0.2) is 14.2 Å². The molecule has 196 valence electrons. The van der Waals surface area contributed by atoms with Gasteiger partial charge in [0.25, 0.3) is 5.95 Å². The van der Waals surface area contributed by atoms with Crippen LogP contribution in [0.5, 0.6) is 0 Å². The summed E-state index contributed by atoms with van der Waals surface area (Å²) >= 11 is 0. The first kappa shape index (κ1) is 24.7. The summed E-state index contributed by atoms with van der Waals surface area (Å²) in [5.41, 5.74) is 0.872. The number of nitrogens with zero attached hydrogens (tertiary/aromatic N) is 9. The Morgan fingerprint density at radius 3 is 2.54 bits per heavy atom. The third-order valence-electron chi connectivity index (χ3n) is 6.21. The highest BCUT2D eigenvalue weighted by atomic mass is 16.6. The number of Topliss-reactive ketones (excluding diaryl/α,β-unsaturated/α-hetero) is 1. The molecule has 3 aromatic rings. The number of rotatable bonds is 5. The second-order valence-electron chi connectivity index (χ2n) is 10.4. The molecule has 5 rings (SSSR count). The number of likely N-dealkylation sites (N-methyl/N-ethyl adjacent to an activating group) is 1. The van der Waals surface area contributed by atoms with Gasteiger partial charge in [0.2, 0.25) is 5.91 Å². The maximum absolute atomic E-state index is 13.3. The summed E-state index contributed by atoms with van der Waals surface area (Å²) in [7, 11) is 2.03. The molecule has 2 amide bonds. The van der Waals surface area contributed by atoms with Gasteiger partial charge < -0.3 is 19.4 Å². The van der Waals surface area contributed by atoms with Crippen molar-refractivity contribution in [2.45, 2.75) is 32.9 Å². The largest absolute Gasteiger partial charge is 0.443 e. The predicted octanol–water partition coefficient (Wildman–Crippen LogP) is 1.16. The Labute approximate surface area is 214 Å². The zero-order valence-corrected chi connectivity index (χ0v) is 21.5. The van der Waals surface area contributed by atoms with Crippen LogP contribution in [0.2, 0.25) is 0 Å². The minimum atomic E-state index is -0.759. The van der Waals surface area contributed by atoms with Crippen molar-refractivity contribution in [3.8, 4) is 0 Å². The van der Waals surface area contributed by atoms with Gasteiger partial charge in [0.05, 0.1) is 30.7 Å². The molecule has 0 N–H and O–H groups in total. The zero-order chi connectivity index (χ0) is 26.3. The van der Waals surface area contributed by atoms with Gasteiger partial charge in [-0.1, -0.05) is 0 Å². The number of hydrogen-bond acceptors (Lipinski definition) is 9. The van der Waals surface area contributed by atoms with Crippen LogP contribution in [-0.2, 0) is 20.9 Å². The minimum absolute atomic E-state index is 0.0360. The average molecular weight is 510 g/mol. The van der Waals surface area contributed by atoms with Crippen molar-refractivity contribution in [2.24, 2.45) is 0 Å². The highest BCUT2D eigenvalue weighted by molar-refractivity contribution is 5.98. The molecule has 0 unspecified atom stereocenters. The number of carbonyl (C=O) groups excluding carboxylic acids is 3. The minimum Gasteiger partial charge on any atom is -0.443 e. The molecule has 13 nitrogen and oxygen atoms in total. The van der Waals surface area contributed by atoms with Gasteiger partial charge in [-0.05, 0) is 40.0 Å². The lowest BCUT2D eigenvalue weighted by Crippen LogP contribution is -2.48. The Balaban J connectivity index is 1.43. The van der Waals surface area contributed by atoms with Crippen molar-refractivity contribution in [1.82, 2.24) is 34.2 Å². The predicted molar refractivity (Wildman–Crippen MR) is 135 cm³/mol. The zero-order valence-electron chi connectivity index (χ0n) is 21.5. The second kappa shape index (κ2) is 9.47. The number of hydrogen-bond donors (Lipinski definition) is 0. The van der Waals surface area contributed by atoms with E-state index in [1.165, 1.54) is 15.8 Å². The summed E-state index contributed by atoms with van der Waals surface area (Å²) in [4.78, 5) is 49.4. The normalized spacial score (nSPS) is 16.7. The van der Waals surface area contributed by atoms with Crippen molar-refractivity contribution < 1.29 is 19.1 Å². The van der Waals surface area contributed by atoms with E-state index in [1.807, 2.05) is 29.0 Å². The SMILES string of the molecule is CN1CCN(C(=O)Cn2cc(N(C(=O)OC(C)(C)C)c3nc4c(N5CC(=O)C5)cccn4n3)cn2)CC1. The van der Waals surface area contributed by atoms with Crippen molar-refractivity contribution >= 4 is 40.8 Å². The summed E-state index contributed by atoms with van der Waals surface area (Å²) in [6.45, 7) is 9.00. The maximum Gasteiger partial charge on any atom is 0.422 e. The van der Waals surface area contributed by atoms with E-state index < -0.39 is 11.7 Å². The van der Waals surface area contributed by atoms with Gasteiger partial charge in [0, 0.05) is 38.6 Å². The smallest absolute Gasteiger partial charge is 0.422 e. The van der Waals surface area contributed by atoms with Gasteiger partial charge in [-0.3, -0.25) is 14.3 Å². The molecule has 0 radical (unpaired) electrons. The molecule has 13 heteroatoms. The van der Waals surface area contributed by atoms with E-state index in [1.54, 1.807) is 37.7 Å². The molecule has 2 saturated heterocycles. The first-order valence-electron chi connectivity index (χ1n) is 12.2. The van der Waals surface area contributed by atoms with Crippen molar-refractivity contribution in [3.63, 3.8) is 0 Å². The van der Waals surface area contributed by atoms with Gasteiger partial charge in [-0.15, -0.1) is 5.10 Å². The third-order valence-corrected chi connectivity index (χ3v) is 6.21. The standard InChI is InChI=1S/C24H31N9O4/c1-24(2,3)37-23(36)33(17-12-25-31(13-17)16-20(35)29-10-8-28(4)9-11-29)22-26-21-19(30-14-18(34)15-30)6-5-7-32(21)27-22/h5-7,12-13H,8-11,14-16H2,1-4H3. The van der Waals surface area contributed by atoms with Gasteiger partial charge in [-0.2, -0.15) is 10.1 Å². The van der Waals surface area contributed by atoms with Crippen LogP contribution in [0.15, 0.2) is 30.7 Å². The van der Waals surface area contributed by atoms with Crippen LogP contribution >= 0.6 is 0 Å². The molecular weight excluding hydrogens is 478 g/mol. The topological polar surface area (TPSA) is 121 Å². The van der Waals surface area contributed by atoms with Crippen molar-refractivity contribution in [3.05, 3.63) is 30.7 Å². The van der Waals surface area contributed by atoms with Crippen LogP contribution in [0.3, 0.4) is 0 Å². The van der Waals surface area contributed by atoms with Crippen molar-refractivity contribution in [2.75, 3.05) is 56.1 Å². The van der Waals surface area contributed by atoms with Crippen molar-refractivity contribution in [1.29, 1.82) is 0 Å². The van der Waals surface area contributed by atoms with E-state index in [9.17, 15) is 14.4 Å². The number of piperazine rings is 1. The van der Waals surface area contributed by atoms with Crippen LogP contribution in [0, 0.1) is 0 Å². The monoisotopic (exact) mass is 509 g/mol. The van der Waals surface area contributed by atoms with Gasteiger partial charge >= 0.3 is 6.09 Å². The third kappa shape index (κ3) is 5.26. The molecule has 2 fully saturated rings. The number of ketones is 1. The second-order valence-corrected chi connectivity index (χ2v) is 10.4. The highest BCUT2D eigenvalue weighted by Gasteiger charge is 2.31. The molecule has 0 atom stereocenters. The van der Waals surface area contributed by atoms with Crippen LogP contribution in [0.1, 0.15) is 20.8 Å². The lowest BCUT2D eigenvalue weighted by atomic mass is 10.2. The lowest BCUT2D eigenvalue weighted by molar-refractivity contribution is -0.133. The summed E-state index contributed by atoms with van der Waals surface area (Å²) in [5.74, 6) is 0.209. The van der Waals surface area contributed by atoms with Crippen LogP contribution in [0.4, 0.5) is 22.1 Å². The molecule has 0 aliphatic carbocycles. The van der Waals surface area contributed by atoms with E-state index >= 15 is 0 Å². The first-order chi connectivity index (χ1) is 17.6. The molecule has 0 spiro atoms. The Morgan fingerprint density at radius 2 is 1.86 bits per heavy atom. The molecule has 3 aromatic heterocycles. The Kier molecular flexibility index (Phi) is 6.31. The first-order valence-corrected chi connectivity index (χ1v) is 12.2. The summed E-state index contributed by atoms with van der Waals surface area (Å²) in [5, 5.41) is 8.84. The van der Waals surface area contributed by atoms with Gasteiger partial charge in [0.1, 0.15) is 12.1 Å². The van der Waals surface area contributed by atoms with E-state index in [2.05, 4.69) is 20.1 Å². The number of anilines is 3. The Bertz CT molecular complexity index is 1330. The van der Waals surface area contributed by atoms with E-state index in [0.717, 1.165) is 18.8 Å². The van der Waals surface area contributed by atoms with E-state index in [-0.39, 0.29) is 24.2 Å². The maximum atomic E-state index is 13.3. The van der Waals surface area contributed by atoms with Gasteiger partial charge in [0.15, 0.2) is 11.4 Å². The number of amides is 2. The number of aromatic nitrogens is 5. The molecule has 2 aliphatic heterocycles. The summed E-state index contributed by atoms with van der Waals surface area (Å²) < 4.78 is 8.71.